The van der Waals surface area contributed by atoms with Crippen LogP contribution in [0.4, 0.5) is 0 Å². The molecule has 8 nitrogen and oxygen atoms in total. The largest absolute Gasteiger partial charge is 0.496 e. The fraction of sp³-hybridized carbons (Fsp3) is 0.200. The zero-order valence-corrected chi connectivity index (χ0v) is 16.6. The van der Waals surface area contributed by atoms with Crippen molar-refractivity contribution in [1.82, 2.24) is 25.1 Å². The Morgan fingerprint density at radius 2 is 2.07 bits per heavy atom. The van der Waals surface area contributed by atoms with Crippen molar-refractivity contribution >= 4 is 23.3 Å². The van der Waals surface area contributed by atoms with Crippen LogP contribution in [0.5, 0.6) is 5.75 Å². The number of hydrogen-bond donors (Lipinski definition) is 1. The van der Waals surface area contributed by atoms with Crippen molar-refractivity contribution in [2.45, 2.75) is 11.6 Å². The lowest BCUT2D eigenvalue weighted by Crippen LogP contribution is -2.27. The van der Waals surface area contributed by atoms with E-state index in [9.17, 15) is 4.79 Å². The van der Waals surface area contributed by atoms with Crippen molar-refractivity contribution in [3.63, 3.8) is 0 Å². The first-order valence-corrected chi connectivity index (χ1v) is 10.0. The van der Waals surface area contributed by atoms with Gasteiger partial charge in [0, 0.05) is 6.54 Å². The molecule has 4 aromatic rings. The maximum atomic E-state index is 12.2. The third-order valence-corrected chi connectivity index (χ3v) is 5.17. The van der Waals surface area contributed by atoms with E-state index in [4.69, 9.17) is 9.15 Å². The molecule has 0 saturated heterocycles. The second-order valence-corrected chi connectivity index (χ2v) is 7.09. The van der Waals surface area contributed by atoms with E-state index < -0.39 is 0 Å². The van der Waals surface area contributed by atoms with E-state index in [0.29, 0.717) is 35.2 Å². The van der Waals surface area contributed by atoms with Crippen molar-refractivity contribution in [2.75, 3.05) is 19.4 Å². The van der Waals surface area contributed by atoms with Gasteiger partial charge in [0.05, 0.1) is 19.1 Å². The Hall–Kier alpha value is -3.33. The van der Waals surface area contributed by atoms with Crippen LogP contribution in [-0.2, 0) is 11.2 Å². The normalized spacial score (nSPS) is 10.9. The number of methoxy groups -OCH3 is 1. The standard InChI is InChI=1S/C20H19N5O3S/c1-27-16-6-3-2-5-14(16)10-11-21-19(26)13-29-20-23-22-18-9-8-15(24-25(18)20)17-7-4-12-28-17/h2-9,12H,10-11,13H2,1H3,(H,21,26). The molecule has 1 aromatic carbocycles. The number of carbonyl (C=O) groups is 1. The van der Waals surface area contributed by atoms with Crippen molar-refractivity contribution in [1.29, 1.82) is 0 Å². The number of ether oxygens (including phenoxy) is 1. The number of thioether (sulfide) groups is 1. The Labute approximate surface area is 171 Å². The summed E-state index contributed by atoms with van der Waals surface area (Å²) in [7, 11) is 1.64. The minimum Gasteiger partial charge on any atom is -0.496 e. The van der Waals surface area contributed by atoms with Crippen molar-refractivity contribution in [3.8, 4) is 17.2 Å². The Kier molecular flexibility index (Phi) is 5.76. The van der Waals surface area contributed by atoms with E-state index in [0.717, 1.165) is 11.3 Å². The van der Waals surface area contributed by atoms with E-state index in [-0.39, 0.29) is 11.7 Å². The third kappa shape index (κ3) is 4.40. The Balaban J connectivity index is 1.34. The summed E-state index contributed by atoms with van der Waals surface area (Å²) in [5.74, 6) is 1.62. The molecule has 3 heterocycles. The lowest BCUT2D eigenvalue weighted by atomic mass is 10.1. The molecule has 9 heteroatoms. The molecular weight excluding hydrogens is 390 g/mol. The van der Waals surface area contributed by atoms with Gasteiger partial charge < -0.3 is 14.5 Å². The summed E-state index contributed by atoms with van der Waals surface area (Å²) in [6, 6.07) is 15.1. The molecule has 148 valence electrons. The van der Waals surface area contributed by atoms with Crippen LogP contribution in [0.15, 0.2) is 64.4 Å². The number of carbonyl (C=O) groups excluding carboxylic acids is 1. The van der Waals surface area contributed by atoms with Crippen LogP contribution in [0.2, 0.25) is 0 Å². The number of aromatic nitrogens is 4. The summed E-state index contributed by atoms with van der Waals surface area (Å²) in [6.45, 7) is 0.529. The highest BCUT2D eigenvalue weighted by molar-refractivity contribution is 7.99. The van der Waals surface area contributed by atoms with Gasteiger partial charge in [0.15, 0.2) is 11.4 Å². The van der Waals surface area contributed by atoms with Gasteiger partial charge in [-0.1, -0.05) is 30.0 Å². The zero-order chi connectivity index (χ0) is 20.1. The summed E-state index contributed by atoms with van der Waals surface area (Å²) in [5, 5.41) is 16.2. The number of amides is 1. The number of hydrogen-bond acceptors (Lipinski definition) is 7. The fourth-order valence-electron chi connectivity index (χ4n) is 2.84. The van der Waals surface area contributed by atoms with Gasteiger partial charge >= 0.3 is 0 Å². The predicted octanol–water partition coefficient (Wildman–Crippen LogP) is 2.84. The summed E-state index contributed by atoms with van der Waals surface area (Å²) >= 11 is 1.28. The first-order chi connectivity index (χ1) is 14.2. The summed E-state index contributed by atoms with van der Waals surface area (Å²) in [4.78, 5) is 12.2. The molecule has 0 spiro atoms. The van der Waals surface area contributed by atoms with Crippen LogP contribution < -0.4 is 10.1 Å². The quantitative estimate of drug-likeness (QED) is 0.447. The number of furan rings is 1. The lowest BCUT2D eigenvalue weighted by Gasteiger charge is -2.08. The molecule has 0 saturated carbocycles. The van der Waals surface area contributed by atoms with Gasteiger partial charge in [-0.15, -0.1) is 10.2 Å². The topological polar surface area (TPSA) is 94.5 Å². The molecule has 4 rings (SSSR count). The smallest absolute Gasteiger partial charge is 0.230 e. The van der Waals surface area contributed by atoms with Gasteiger partial charge in [0.1, 0.15) is 11.4 Å². The number of benzene rings is 1. The molecule has 1 N–H and O–H groups in total. The molecule has 29 heavy (non-hydrogen) atoms. The first-order valence-electron chi connectivity index (χ1n) is 9.02. The highest BCUT2D eigenvalue weighted by Gasteiger charge is 2.12. The molecule has 0 aliphatic heterocycles. The van der Waals surface area contributed by atoms with Crippen LogP contribution in [0.3, 0.4) is 0 Å². The Morgan fingerprint density at radius 1 is 1.17 bits per heavy atom. The molecule has 0 radical (unpaired) electrons. The van der Waals surface area contributed by atoms with Gasteiger partial charge in [0.2, 0.25) is 11.1 Å². The lowest BCUT2D eigenvalue weighted by molar-refractivity contribution is -0.118. The maximum Gasteiger partial charge on any atom is 0.230 e. The van der Waals surface area contributed by atoms with Crippen molar-refractivity contribution in [3.05, 3.63) is 60.4 Å². The number of nitrogens with zero attached hydrogens (tertiary/aromatic N) is 4. The van der Waals surface area contributed by atoms with E-state index in [1.54, 1.807) is 24.0 Å². The molecule has 0 bridgehead atoms. The maximum absolute atomic E-state index is 12.2. The van der Waals surface area contributed by atoms with Crippen LogP contribution in [0.1, 0.15) is 5.56 Å². The molecule has 0 unspecified atom stereocenters. The van der Waals surface area contributed by atoms with Crippen molar-refractivity contribution in [2.24, 2.45) is 0 Å². The van der Waals surface area contributed by atoms with Gasteiger partial charge in [-0.3, -0.25) is 4.79 Å². The van der Waals surface area contributed by atoms with Crippen LogP contribution in [0, 0.1) is 0 Å². The van der Waals surface area contributed by atoms with Crippen LogP contribution in [-0.4, -0.2) is 45.1 Å². The van der Waals surface area contributed by atoms with Gasteiger partial charge in [-0.05, 0) is 42.3 Å². The average molecular weight is 409 g/mol. The molecule has 0 aliphatic carbocycles. The van der Waals surface area contributed by atoms with Gasteiger partial charge in [-0.25, -0.2) is 0 Å². The molecule has 0 fully saturated rings. The summed E-state index contributed by atoms with van der Waals surface area (Å²) in [5.41, 5.74) is 2.34. The molecular formula is C20H19N5O3S. The number of fused-ring (bicyclic) bond motifs is 1. The SMILES string of the molecule is COc1ccccc1CCNC(=O)CSc1nnc2ccc(-c3ccco3)nn12. The Bertz CT molecular complexity index is 1110. The Morgan fingerprint density at radius 3 is 2.90 bits per heavy atom. The predicted molar refractivity (Wildman–Crippen MR) is 109 cm³/mol. The molecule has 0 atom stereocenters. The summed E-state index contributed by atoms with van der Waals surface area (Å²) < 4.78 is 12.3. The zero-order valence-electron chi connectivity index (χ0n) is 15.7. The second kappa shape index (κ2) is 8.78. The van der Waals surface area contributed by atoms with Crippen LogP contribution >= 0.6 is 11.8 Å². The molecule has 1 amide bonds. The van der Waals surface area contributed by atoms with Crippen molar-refractivity contribution < 1.29 is 13.9 Å². The third-order valence-electron chi connectivity index (χ3n) is 4.25. The number of rotatable bonds is 8. The summed E-state index contributed by atoms with van der Waals surface area (Å²) in [6.07, 6.45) is 2.29. The highest BCUT2D eigenvalue weighted by Crippen LogP contribution is 2.21. The van der Waals surface area contributed by atoms with Gasteiger partial charge in [0.25, 0.3) is 0 Å². The van der Waals surface area contributed by atoms with E-state index in [1.165, 1.54) is 11.8 Å². The van der Waals surface area contributed by atoms with E-state index >= 15 is 0 Å². The number of nitrogens with one attached hydrogen (secondary N) is 1. The monoisotopic (exact) mass is 409 g/mol. The van der Waals surface area contributed by atoms with Gasteiger partial charge in [-0.2, -0.15) is 9.61 Å². The highest BCUT2D eigenvalue weighted by atomic mass is 32.2. The second-order valence-electron chi connectivity index (χ2n) is 6.15. The molecule has 3 aromatic heterocycles. The average Bonchev–Trinajstić information content (AvgIpc) is 3.42. The van der Waals surface area contributed by atoms with E-state index in [2.05, 4.69) is 20.6 Å². The molecule has 0 aliphatic rings. The fourth-order valence-corrected chi connectivity index (χ4v) is 3.56. The van der Waals surface area contributed by atoms with Crippen LogP contribution in [0.25, 0.3) is 17.1 Å². The number of para-hydroxylation sites is 1. The minimum atomic E-state index is -0.0798. The van der Waals surface area contributed by atoms with E-state index in [1.807, 2.05) is 42.5 Å². The first kappa shape index (κ1) is 19.0. The minimum absolute atomic E-state index is 0.0798.